The number of nitrogens with one attached hydrogen (secondary N) is 2. The predicted molar refractivity (Wildman–Crippen MR) is 110 cm³/mol. The van der Waals surface area contributed by atoms with E-state index >= 15 is 0 Å². The summed E-state index contributed by atoms with van der Waals surface area (Å²) < 4.78 is 10.3. The minimum atomic E-state index is -0.716. The Morgan fingerprint density at radius 2 is 2.24 bits per heavy atom. The molecule has 1 fully saturated rings. The van der Waals surface area contributed by atoms with E-state index in [9.17, 15) is 5.11 Å². The fraction of sp³-hybridized carbons (Fsp3) is 0.706. The molecule has 1 unspecified atom stereocenters. The third-order valence-electron chi connectivity index (χ3n) is 4.18. The van der Waals surface area contributed by atoms with Crippen LogP contribution in [0.4, 0.5) is 0 Å². The number of likely N-dealkylation sites (tertiary alicyclic amines) is 1. The molecular formula is C17H31IN4O3. The molecule has 1 saturated heterocycles. The molecule has 2 rings (SSSR count). The van der Waals surface area contributed by atoms with E-state index < -0.39 is 6.10 Å². The number of nitrogens with zero attached hydrogens (tertiary/aromatic N) is 2. The lowest BCUT2D eigenvalue weighted by molar-refractivity contribution is 0.128. The Kier molecular flexibility index (Phi) is 11.1. The van der Waals surface area contributed by atoms with Gasteiger partial charge >= 0.3 is 0 Å². The third kappa shape index (κ3) is 7.93. The van der Waals surface area contributed by atoms with Crippen LogP contribution in [0, 0.1) is 0 Å². The first-order valence-corrected chi connectivity index (χ1v) is 8.70. The molecule has 144 valence electrons. The molecule has 1 aromatic rings. The highest BCUT2D eigenvalue weighted by Crippen LogP contribution is 2.13. The molecule has 0 bridgehead atoms. The molecule has 7 nitrogen and oxygen atoms in total. The highest BCUT2D eigenvalue weighted by molar-refractivity contribution is 14.0. The Bertz CT molecular complexity index is 476. The van der Waals surface area contributed by atoms with Crippen molar-refractivity contribution in [1.29, 1.82) is 0 Å². The molecule has 0 amide bonds. The summed E-state index contributed by atoms with van der Waals surface area (Å²) in [7, 11) is 1.74. The van der Waals surface area contributed by atoms with Crippen molar-refractivity contribution in [2.45, 2.75) is 31.9 Å². The van der Waals surface area contributed by atoms with Crippen LogP contribution in [0.2, 0.25) is 0 Å². The number of guanidine groups is 1. The molecule has 0 aromatic carbocycles. The van der Waals surface area contributed by atoms with Crippen LogP contribution in [0.15, 0.2) is 27.8 Å². The standard InChI is InChI=1S/C17H30N4O3.HI/c1-3-18-17(19-13-15(22)16-5-4-11-24-16)20-14-6-8-21(9-7-14)10-12-23-2;/h4-5,11,14-15,22H,3,6-10,12-13H2,1-2H3,(H2,18,19,20);1H. The number of halogens is 1. The topological polar surface area (TPSA) is 82.3 Å². The average molecular weight is 466 g/mol. The van der Waals surface area contributed by atoms with Crippen molar-refractivity contribution in [3.05, 3.63) is 24.2 Å². The molecule has 1 atom stereocenters. The SMILES string of the molecule is CCNC(=NCC(O)c1ccco1)NC1CCN(CCOC)CC1.I. The Labute approximate surface area is 167 Å². The summed E-state index contributed by atoms with van der Waals surface area (Å²) in [6.07, 6.45) is 3.00. The van der Waals surface area contributed by atoms with Crippen LogP contribution in [0.3, 0.4) is 0 Å². The molecule has 0 radical (unpaired) electrons. The maximum atomic E-state index is 10.1. The molecule has 8 heteroatoms. The molecule has 25 heavy (non-hydrogen) atoms. The second kappa shape index (κ2) is 12.5. The van der Waals surface area contributed by atoms with Crippen molar-refractivity contribution in [2.24, 2.45) is 4.99 Å². The van der Waals surface area contributed by atoms with Crippen molar-refractivity contribution in [3.63, 3.8) is 0 Å². The van der Waals surface area contributed by atoms with Crippen molar-refractivity contribution in [3.8, 4) is 0 Å². The zero-order valence-electron chi connectivity index (χ0n) is 15.1. The number of rotatable bonds is 8. The summed E-state index contributed by atoms with van der Waals surface area (Å²) in [6, 6.07) is 3.93. The lowest BCUT2D eigenvalue weighted by Crippen LogP contribution is -2.49. The lowest BCUT2D eigenvalue weighted by Gasteiger charge is -2.32. The average Bonchev–Trinajstić information content (AvgIpc) is 3.13. The molecule has 2 heterocycles. The molecular weight excluding hydrogens is 435 g/mol. The second-order valence-corrected chi connectivity index (χ2v) is 6.00. The van der Waals surface area contributed by atoms with Crippen molar-refractivity contribution < 1.29 is 14.3 Å². The lowest BCUT2D eigenvalue weighted by atomic mass is 10.1. The van der Waals surface area contributed by atoms with Crippen LogP contribution in [-0.4, -0.2) is 68.4 Å². The quantitative estimate of drug-likeness (QED) is 0.307. The fourth-order valence-electron chi connectivity index (χ4n) is 2.78. The molecule has 3 N–H and O–H groups in total. The van der Waals surface area contributed by atoms with Gasteiger partial charge in [0.25, 0.3) is 0 Å². The molecule has 0 aliphatic carbocycles. The van der Waals surface area contributed by atoms with E-state index in [0.29, 0.717) is 11.8 Å². The first kappa shape index (κ1) is 22.2. The van der Waals surface area contributed by atoms with Gasteiger partial charge in [-0.3, -0.25) is 4.99 Å². The zero-order chi connectivity index (χ0) is 17.2. The molecule has 0 saturated carbocycles. The van der Waals surface area contributed by atoms with Crippen LogP contribution in [-0.2, 0) is 4.74 Å². The van der Waals surface area contributed by atoms with E-state index in [2.05, 4.69) is 20.5 Å². The fourth-order valence-corrected chi connectivity index (χ4v) is 2.78. The number of aliphatic hydroxyl groups excluding tert-OH is 1. The van der Waals surface area contributed by atoms with Gasteiger partial charge in [0.15, 0.2) is 5.96 Å². The van der Waals surface area contributed by atoms with Gasteiger partial charge in [0.05, 0.1) is 19.4 Å². The Morgan fingerprint density at radius 1 is 1.48 bits per heavy atom. The minimum absolute atomic E-state index is 0. The van der Waals surface area contributed by atoms with Gasteiger partial charge in [-0.25, -0.2) is 0 Å². The highest BCUT2D eigenvalue weighted by atomic mass is 127. The van der Waals surface area contributed by atoms with Crippen LogP contribution in [0.5, 0.6) is 0 Å². The van der Waals surface area contributed by atoms with Crippen LogP contribution < -0.4 is 10.6 Å². The van der Waals surface area contributed by atoms with Crippen molar-refractivity contribution in [1.82, 2.24) is 15.5 Å². The van der Waals surface area contributed by atoms with Crippen LogP contribution in [0.1, 0.15) is 31.6 Å². The van der Waals surface area contributed by atoms with Gasteiger partial charge in [-0.15, -0.1) is 24.0 Å². The van der Waals surface area contributed by atoms with Gasteiger partial charge in [0, 0.05) is 39.3 Å². The maximum Gasteiger partial charge on any atom is 0.191 e. The number of methoxy groups -OCH3 is 1. The summed E-state index contributed by atoms with van der Waals surface area (Å²) >= 11 is 0. The largest absolute Gasteiger partial charge is 0.467 e. The number of aliphatic imine (C=N–C) groups is 1. The van der Waals surface area contributed by atoms with Crippen LogP contribution in [0.25, 0.3) is 0 Å². The summed E-state index contributed by atoms with van der Waals surface area (Å²) in [5, 5.41) is 16.8. The number of ether oxygens (including phenoxy) is 1. The highest BCUT2D eigenvalue weighted by Gasteiger charge is 2.20. The molecule has 1 aliphatic heterocycles. The number of furan rings is 1. The monoisotopic (exact) mass is 466 g/mol. The summed E-state index contributed by atoms with van der Waals surface area (Å²) in [5.41, 5.74) is 0. The Hall–Kier alpha value is -0.840. The van der Waals surface area contributed by atoms with Gasteiger partial charge in [-0.05, 0) is 31.9 Å². The molecule has 0 spiro atoms. The summed E-state index contributed by atoms with van der Waals surface area (Å²) in [4.78, 5) is 6.91. The van der Waals surface area contributed by atoms with Gasteiger partial charge in [0.2, 0.25) is 0 Å². The number of piperidine rings is 1. The van der Waals surface area contributed by atoms with Crippen LogP contribution >= 0.6 is 24.0 Å². The van der Waals surface area contributed by atoms with E-state index in [1.54, 1.807) is 25.5 Å². The van der Waals surface area contributed by atoms with Crippen molar-refractivity contribution >= 4 is 29.9 Å². The zero-order valence-corrected chi connectivity index (χ0v) is 17.4. The Balaban J connectivity index is 0.00000312. The first-order valence-electron chi connectivity index (χ1n) is 8.70. The van der Waals surface area contributed by atoms with E-state index in [4.69, 9.17) is 9.15 Å². The van der Waals surface area contributed by atoms with Gasteiger partial charge < -0.3 is 29.8 Å². The van der Waals surface area contributed by atoms with Gasteiger partial charge in [-0.1, -0.05) is 0 Å². The Morgan fingerprint density at radius 3 is 2.84 bits per heavy atom. The van der Waals surface area contributed by atoms with Gasteiger partial charge in [0.1, 0.15) is 11.9 Å². The van der Waals surface area contributed by atoms with E-state index in [1.165, 1.54) is 0 Å². The first-order chi connectivity index (χ1) is 11.7. The third-order valence-corrected chi connectivity index (χ3v) is 4.18. The molecule has 1 aliphatic rings. The number of hydrogen-bond donors (Lipinski definition) is 3. The maximum absolute atomic E-state index is 10.1. The summed E-state index contributed by atoms with van der Waals surface area (Å²) in [5.74, 6) is 1.29. The number of hydrogen-bond acceptors (Lipinski definition) is 5. The van der Waals surface area contributed by atoms with E-state index in [0.717, 1.165) is 51.6 Å². The van der Waals surface area contributed by atoms with E-state index in [-0.39, 0.29) is 30.5 Å². The molecule has 1 aromatic heterocycles. The summed E-state index contributed by atoms with van der Waals surface area (Å²) in [6.45, 7) is 7.00. The van der Waals surface area contributed by atoms with Gasteiger partial charge in [-0.2, -0.15) is 0 Å². The minimum Gasteiger partial charge on any atom is -0.467 e. The smallest absolute Gasteiger partial charge is 0.191 e. The second-order valence-electron chi connectivity index (χ2n) is 6.00. The number of aliphatic hydroxyl groups is 1. The normalized spacial score (nSPS) is 17.8. The van der Waals surface area contributed by atoms with E-state index in [1.807, 2.05) is 6.92 Å². The van der Waals surface area contributed by atoms with Crippen molar-refractivity contribution in [2.75, 3.05) is 46.4 Å². The predicted octanol–water partition coefficient (Wildman–Crippen LogP) is 1.60.